The lowest BCUT2D eigenvalue weighted by molar-refractivity contribution is -0.274. The van der Waals surface area contributed by atoms with Crippen LogP contribution in [0, 0.1) is 19.3 Å². The van der Waals surface area contributed by atoms with Crippen molar-refractivity contribution in [3.8, 4) is 17.0 Å². The molecule has 196 valence electrons. The summed E-state index contributed by atoms with van der Waals surface area (Å²) in [6.45, 7) is 6.65. The minimum atomic E-state index is -4.87. The molecule has 1 aromatic carbocycles. The van der Waals surface area contributed by atoms with Gasteiger partial charge in [-0.1, -0.05) is 18.2 Å². The van der Waals surface area contributed by atoms with E-state index in [0.29, 0.717) is 22.7 Å². The molecule has 9 nitrogen and oxygen atoms in total. The standard InChI is InChI=1S/C26H23F3N6O3/c1-15-10-18(17-6-3-4-7-19(17)38-26(27,28)29)33-35-22(16(2)30-23(15)35)24(36)32-20-8-5-9-21(31-20)34-11-25(12-34)13-37-14-25/h3-10H,11-14H2,1-2H3,(H,31,32,36). The van der Waals surface area contributed by atoms with Crippen LogP contribution >= 0.6 is 0 Å². The number of anilines is 2. The van der Waals surface area contributed by atoms with Gasteiger partial charge in [-0.3, -0.25) is 4.79 Å². The van der Waals surface area contributed by atoms with E-state index in [4.69, 9.17) is 4.74 Å². The zero-order chi connectivity index (χ0) is 26.7. The van der Waals surface area contributed by atoms with Gasteiger partial charge in [-0.25, -0.2) is 14.5 Å². The number of hydrogen-bond acceptors (Lipinski definition) is 7. The topological polar surface area (TPSA) is 93.9 Å². The highest BCUT2D eigenvalue weighted by molar-refractivity contribution is 6.04. The predicted octanol–water partition coefficient (Wildman–Crippen LogP) is 4.40. The molecule has 4 aromatic rings. The maximum atomic E-state index is 13.4. The molecule has 1 N–H and O–H groups in total. The van der Waals surface area contributed by atoms with Crippen molar-refractivity contribution >= 4 is 23.2 Å². The second kappa shape index (κ2) is 8.69. The van der Waals surface area contributed by atoms with E-state index >= 15 is 0 Å². The number of rotatable bonds is 5. The summed E-state index contributed by atoms with van der Waals surface area (Å²) in [7, 11) is 0. The maximum Gasteiger partial charge on any atom is 0.573 e. The number of alkyl halides is 3. The highest BCUT2D eigenvalue weighted by Crippen LogP contribution is 2.39. The third-order valence-corrected chi connectivity index (χ3v) is 6.72. The second-order valence-electron chi connectivity index (χ2n) is 9.72. The van der Waals surface area contributed by atoms with Crippen molar-refractivity contribution in [1.82, 2.24) is 19.6 Å². The number of pyridine rings is 1. The average Bonchev–Trinajstić information content (AvgIpc) is 3.13. The first-order valence-electron chi connectivity index (χ1n) is 11.9. The molecule has 12 heteroatoms. The number of hydrogen-bond donors (Lipinski definition) is 1. The number of aromatic nitrogens is 4. The van der Waals surface area contributed by atoms with Crippen LogP contribution in [-0.2, 0) is 4.74 Å². The monoisotopic (exact) mass is 524 g/mol. The predicted molar refractivity (Wildman–Crippen MR) is 132 cm³/mol. The number of para-hydroxylation sites is 1. The number of aryl methyl sites for hydroxylation is 2. The fraction of sp³-hybridized carbons (Fsp3) is 0.308. The molecule has 0 bridgehead atoms. The minimum absolute atomic E-state index is 0.131. The van der Waals surface area contributed by atoms with E-state index in [1.807, 2.05) is 12.1 Å². The lowest BCUT2D eigenvalue weighted by Crippen LogP contribution is -2.66. The van der Waals surface area contributed by atoms with Gasteiger partial charge in [-0.15, -0.1) is 13.2 Å². The molecule has 0 radical (unpaired) electrons. The normalized spacial score (nSPS) is 16.3. The molecule has 6 rings (SSSR count). The van der Waals surface area contributed by atoms with Gasteiger partial charge in [0.25, 0.3) is 5.91 Å². The molecule has 0 aliphatic carbocycles. The number of carbonyl (C=O) groups excluding carboxylic acids is 1. The van der Waals surface area contributed by atoms with Crippen molar-refractivity contribution in [1.29, 1.82) is 0 Å². The van der Waals surface area contributed by atoms with Gasteiger partial charge >= 0.3 is 6.36 Å². The number of fused-ring (bicyclic) bond motifs is 1. The van der Waals surface area contributed by atoms with E-state index < -0.39 is 18.0 Å². The molecule has 3 aromatic heterocycles. The molecule has 0 atom stereocenters. The Morgan fingerprint density at radius 3 is 2.55 bits per heavy atom. The van der Waals surface area contributed by atoms with Gasteiger partial charge in [0.15, 0.2) is 11.3 Å². The SMILES string of the molecule is Cc1nc2c(C)cc(-c3ccccc3OC(F)(F)F)nn2c1C(=O)Nc1cccc(N2CC3(COC3)C2)n1. The molecular formula is C26H23F3N6O3. The number of nitrogens with zero attached hydrogens (tertiary/aromatic N) is 5. The fourth-order valence-corrected chi connectivity index (χ4v) is 4.90. The molecule has 1 spiro atoms. The summed E-state index contributed by atoms with van der Waals surface area (Å²) in [5, 5.41) is 7.30. The van der Waals surface area contributed by atoms with Crippen molar-refractivity contribution in [2.75, 3.05) is 36.5 Å². The lowest BCUT2D eigenvalue weighted by Gasteiger charge is -2.55. The van der Waals surface area contributed by atoms with Gasteiger partial charge in [0.2, 0.25) is 0 Å². The Bertz CT molecular complexity index is 1560. The molecule has 2 aliphatic rings. The quantitative estimate of drug-likeness (QED) is 0.414. The number of ether oxygens (including phenoxy) is 2. The summed E-state index contributed by atoms with van der Waals surface area (Å²) in [4.78, 5) is 24.6. The van der Waals surface area contributed by atoms with Crippen LogP contribution < -0.4 is 15.0 Å². The number of amides is 1. The van der Waals surface area contributed by atoms with Crippen LogP contribution in [0.15, 0.2) is 48.5 Å². The summed E-state index contributed by atoms with van der Waals surface area (Å²) in [5.41, 5.74) is 2.17. The van der Waals surface area contributed by atoms with Crippen LogP contribution in [0.5, 0.6) is 5.75 Å². The number of carbonyl (C=O) groups is 1. The first-order chi connectivity index (χ1) is 18.1. The van der Waals surface area contributed by atoms with E-state index in [2.05, 4.69) is 30.0 Å². The van der Waals surface area contributed by atoms with E-state index in [9.17, 15) is 18.0 Å². The van der Waals surface area contributed by atoms with E-state index in [-0.39, 0.29) is 22.4 Å². The van der Waals surface area contributed by atoms with Crippen LogP contribution in [0.25, 0.3) is 16.9 Å². The molecule has 5 heterocycles. The molecule has 0 unspecified atom stereocenters. The Kier molecular flexibility index (Phi) is 5.53. The zero-order valence-electron chi connectivity index (χ0n) is 20.5. The van der Waals surface area contributed by atoms with E-state index in [1.165, 1.54) is 22.7 Å². The second-order valence-corrected chi connectivity index (χ2v) is 9.72. The first-order valence-corrected chi connectivity index (χ1v) is 11.9. The molecule has 38 heavy (non-hydrogen) atoms. The van der Waals surface area contributed by atoms with Crippen molar-refractivity contribution in [2.24, 2.45) is 5.41 Å². The van der Waals surface area contributed by atoms with Gasteiger partial charge in [0.1, 0.15) is 17.4 Å². The van der Waals surface area contributed by atoms with Crippen LogP contribution in [0.1, 0.15) is 21.7 Å². The minimum Gasteiger partial charge on any atom is -0.405 e. The zero-order valence-corrected chi connectivity index (χ0v) is 20.5. The van der Waals surface area contributed by atoms with Crippen LogP contribution in [0.3, 0.4) is 0 Å². The Morgan fingerprint density at radius 2 is 1.84 bits per heavy atom. The molecule has 2 aliphatic heterocycles. The summed E-state index contributed by atoms with van der Waals surface area (Å²) in [6.07, 6.45) is -4.87. The Labute approximate surface area is 215 Å². The van der Waals surface area contributed by atoms with Crippen LogP contribution in [0.2, 0.25) is 0 Å². The van der Waals surface area contributed by atoms with E-state index in [1.54, 1.807) is 32.0 Å². The smallest absolute Gasteiger partial charge is 0.405 e. The van der Waals surface area contributed by atoms with Crippen molar-refractivity contribution in [3.63, 3.8) is 0 Å². The van der Waals surface area contributed by atoms with Crippen LogP contribution in [0.4, 0.5) is 24.8 Å². The van der Waals surface area contributed by atoms with Gasteiger partial charge in [0, 0.05) is 18.7 Å². The summed E-state index contributed by atoms with van der Waals surface area (Å²) >= 11 is 0. The van der Waals surface area contributed by atoms with Crippen LogP contribution in [-0.4, -0.2) is 58.2 Å². The number of nitrogens with one attached hydrogen (secondary N) is 1. The number of benzene rings is 1. The first kappa shape index (κ1) is 24.2. The Hall–Kier alpha value is -4.19. The highest BCUT2D eigenvalue weighted by Gasteiger charge is 2.49. The van der Waals surface area contributed by atoms with Crippen molar-refractivity contribution < 1.29 is 27.4 Å². The van der Waals surface area contributed by atoms with Crippen molar-refractivity contribution in [3.05, 3.63) is 65.5 Å². The molecule has 2 saturated heterocycles. The fourth-order valence-electron chi connectivity index (χ4n) is 4.90. The summed E-state index contributed by atoms with van der Waals surface area (Å²) in [5.74, 6) is 0.240. The lowest BCUT2D eigenvalue weighted by atomic mass is 9.78. The number of imidazole rings is 1. The van der Waals surface area contributed by atoms with Crippen molar-refractivity contribution in [2.45, 2.75) is 20.2 Å². The summed E-state index contributed by atoms with van der Waals surface area (Å²) in [6, 6.07) is 12.7. The average molecular weight is 525 g/mol. The largest absolute Gasteiger partial charge is 0.573 e. The van der Waals surface area contributed by atoms with Gasteiger partial charge < -0.3 is 19.7 Å². The highest BCUT2D eigenvalue weighted by atomic mass is 19.4. The molecule has 1 amide bonds. The third-order valence-electron chi connectivity index (χ3n) is 6.72. The van der Waals surface area contributed by atoms with Gasteiger partial charge in [-0.05, 0) is 49.7 Å². The molecule has 0 saturated carbocycles. The Morgan fingerprint density at radius 1 is 1.08 bits per heavy atom. The van der Waals surface area contributed by atoms with Gasteiger partial charge in [0.05, 0.1) is 30.0 Å². The molecule has 2 fully saturated rings. The third kappa shape index (κ3) is 4.30. The molecular weight excluding hydrogens is 501 g/mol. The Balaban J connectivity index is 1.31. The van der Waals surface area contributed by atoms with E-state index in [0.717, 1.165) is 32.1 Å². The summed E-state index contributed by atoms with van der Waals surface area (Å²) < 4.78 is 49.8. The van der Waals surface area contributed by atoms with Gasteiger partial charge in [-0.2, -0.15) is 5.10 Å². The number of halogens is 3. The maximum absolute atomic E-state index is 13.4.